The number of carbonyl (C=O) groups is 1. The molecule has 120 valence electrons. The van der Waals surface area contributed by atoms with Crippen LogP contribution in [0.25, 0.3) is 0 Å². The zero-order valence-corrected chi connectivity index (χ0v) is 13.6. The third-order valence-electron chi connectivity index (χ3n) is 2.81. The molecule has 1 heterocycles. The fourth-order valence-electron chi connectivity index (χ4n) is 1.75. The standard InChI is InChI=1S/C14H16FN3O2S.ClH/c1-20-12-3-2-9(6-10(12)15)7-17-14(19)11-8-21-13(18-11)4-5-16;/h2-3,6,8H,4-5,7,16H2,1H3,(H,17,19);1H. The first-order chi connectivity index (χ1) is 10.1. The van der Waals surface area contributed by atoms with Crippen LogP contribution in [-0.4, -0.2) is 24.5 Å². The molecule has 0 spiro atoms. The van der Waals surface area contributed by atoms with Gasteiger partial charge in [-0.15, -0.1) is 23.7 Å². The molecular weight excluding hydrogens is 329 g/mol. The number of rotatable bonds is 6. The molecule has 1 aromatic heterocycles. The number of nitrogens with zero attached hydrogens (tertiary/aromatic N) is 1. The number of hydrogen-bond acceptors (Lipinski definition) is 5. The Morgan fingerprint density at radius 3 is 2.91 bits per heavy atom. The van der Waals surface area contributed by atoms with Crippen molar-refractivity contribution in [3.05, 3.63) is 45.7 Å². The van der Waals surface area contributed by atoms with E-state index in [1.54, 1.807) is 11.4 Å². The molecule has 2 rings (SSSR count). The Balaban J connectivity index is 0.00000242. The summed E-state index contributed by atoms with van der Waals surface area (Å²) in [5.41, 5.74) is 6.45. The van der Waals surface area contributed by atoms with Gasteiger partial charge in [0.25, 0.3) is 5.91 Å². The lowest BCUT2D eigenvalue weighted by Crippen LogP contribution is -2.23. The lowest BCUT2D eigenvalue weighted by molar-refractivity contribution is 0.0946. The number of nitrogens with two attached hydrogens (primary N) is 1. The van der Waals surface area contributed by atoms with Crippen LogP contribution in [0.4, 0.5) is 4.39 Å². The molecule has 0 saturated carbocycles. The number of hydrogen-bond donors (Lipinski definition) is 2. The Hall–Kier alpha value is -1.70. The Morgan fingerprint density at radius 1 is 1.50 bits per heavy atom. The van der Waals surface area contributed by atoms with Gasteiger partial charge in [0, 0.05) is 18.3 Å². The third-order valence-corrected chi connectivity index (χ3v) is 3.72. The highest BCUT2D eigenvalue weighted by Gasteiger charge is 2.11. The zero-order chi connectivity index (χ0) is 15.2. The summed E-state index contributed by atoms with van der Waals surface area (Å²) in [6.45, 7) is 0.725. The van der Waals surface area contributed by atoms with Crippen LogP contribution in [0.1, 0.15) is 21.1 Å². The maximum Gasteiger partial charge on any atom is 0.271 e. The van der Waals surface area contributed by atoms with Crippen molar-refractivity contribution in [1.82, 2.24) is 10.3 Å². The largest absolute Gasteiger partial charge is 0.494 e. The molecule has 0 bridgehead atoms. The van der Waals surface area contributed by atoms with Gasteiger partial charge in [0.15, 0.2) is 11.6 Å². The Morgan fingerprint density at radius 2 is 2.27 bits per heavy atom. The topological polar surface area (TPSA) is 77.2 Å². The van der Waals surface area contributed by atoms with Gasteiger partial charge >= 0.3 is 0 Å². The highest BCUT2D eigenvalue weighted by atomic mass is 35.5. The first-order valence-corrected chi connectivity index (χ1v) is 7.27. The van der Waals surface area contributed by atoms with Crippen LogP contribution in [0.5, 0.6) is 5.75 Å². The Labute approximate surface area is 138 Å². The van der Waals surface area contributed by atoms with Crippen molar-refractivity contribution < 1.29 is 13.9 Å². The van der Waals surface area contributed by atoms with E-state index < -0.39 is 5.82 Å². The van der Waals surface area contributed by atoms with Crippen LogP contribution in [0.2, 0.25) is 0 Å². The van der Waals surface area contributed by atoms with Crippen LogP contribution >= 0.6 is 23.7 Å². The second-order valence-electron chi connectivity index (χ2n) is 4.32. The second-order valence-corrected chi connectivity index (χ2v) is 5.26. The zero-order valence-electron chi connectivity index (χ0n) is 12.0. The summed E-state index contributed by atoms with van der Waals surface area (Å²) in [7, 11) is 1.40. The predicted molar refractivity (Wildman–Crippen MR) is 86.2 cm³/mol. The summed E-state index contributed by atoms with van der Waals surface area (Å²) < 4.78 is 18.4. The summed E-state index contributed by atoms with van der Waals surface area (Å²) in [4.78, 5) is 16.1. The molecule has 1 aromatic carbocycles. The van der Waals surface area contributed by atoms with Crippen LogP contribution in [0, 0.1) is 5.82 Å². The second kappa shape index (κ2) is 8.67. The molecular formula is C14H17ClFN3O2S. The first kappa shape index (κ1) is 18.3. The molecule has 0 unspecified atom stereocenters. The number of carbonyl (C=O) groups excluding carboxylic acids is 1. The van der Waals surface area contributed by atoms with E-state index in [1.165, 1.54) is 30.6 Å². The number of nitrogens with one attached hydrogen (secondary N) is 1. The van der Waals surface area contributed by atoms with Crippen LogP contribution < -0.4 is 15.8 Å². The highest BCUT2D eigenvalue weighted by molar-refractivity contribution is 7.09. The molecule has 0 aliphatic heterocycles. The lowest BCUT2D eigenvalue weighted by atomic mass is 10.2. The molecule has 0 atom stereocenters. The minimum absolute atomic E-state index is 0. The summed E-state index contributed by atoms with van der Waals surface area (Å²) in [5, 5.41) is 5.22. The van der Waals surface area contributed by atoms with E-state index in [2.05, 4.69) is 10.3 Å². The van der Waals surface area contributed by atoms with Gasteiger partial charge in [0.05, 0.1) is 12.1 Å². The van der Waals surface area contributed by atoms with Crippen LogP contribution in [-0.2, 0) is 13.0 Å². The van der Waals surface area contributed by atoms with Gasteiger partial charge in [-0.25, -0.2) is 9.37 Å². The number of benzene rings is 1. The summed E-state index contributed by atoms with van der Waals surface area (Å²) in [6.07, 6.45) is 0.654. The van der Waals surface area contributed by atoms with Crippen molar-refractivity contribution in [3.8, 4) is 5.75 Å². The van der Waals surface area contributed by atoms with E-state index in [-0.39, 0.29) is 30.6 Å². The fourth-order valence-corrected chi connectivity index (χ4v) is 2.54. The van der Waals surface area contributed by atoms with E-state index in [4.69, 9.17) is 10.5 Å². The molecule has 2 aromatic rings. The molecule has 0 aliphatic carbocycles. The van der Waals surface area contributed by atoms with Crippen molar-refractivity contribution in [2.45, 2.75) is 13.0 Å². The quantitative estimate of drug-likeness (QED) is 0.841. The van der Waals surface area contributed by atoms with Crippen molar-refractivity contribution in [2.24, 2.45) is 5.73 Å². The van der Waals surface area contributed by atoms with Crippen LogP contribution in [0.3, 0.4) is 0 Å². The smallest absolute Gasteiger partial charge is 0.271 e. The summed E-state index contributed by atoms with van der Waals surface area (Å²) in [5.74, 6) is -0.565. The molecule has 0 radical (unpaired) electrons. The van der Waals surface area contributed by atoms with Crippen molar-refractivity contribution in [1.29, 1.82) is 0 Å². The number of ether oxygens (including phenoxy) is 1. The molecule has 1 amide bonds. The molecule has 22 heavy (non-hydrogen) atoms. The van der Waals surface area contributed by atoms with E-state index in [9.17, 15) is 9.18 Å². The van der Waals surface area contributed by atoms with Crippen molar-refractivity contribution >= 4 is 29.7 Å². The van der Waals surface area contributed by atoms with Gasteiger partial charge in [-0.05, 0) is 24.2 Å². The normalized spacial score (nSPS) is 9.95. The third kappa shape index (κ3) is 4.66. The minimum atomic E-state index is -0.455. The van der Waals surface area contributed by atoms with Gasteiger partial charge in [-0.3, -0.25) is 4.79 Å². The van der Waals surface area contributed by atoms with Gasteiger partial charge in [0.1, 0.15) is 5.69 Å². The number of halogens is 2. The monoisotopic (exact) mass is 345 g/mol. The molecule has 5 nitrogen and oxygen atoms in total. The average molecular weight is 346 g/mol. The number of amides is 1. The Bertz CT molecular complexity index is 636. The van der Waals surface area contributed by atoms with Gasteiger partial charge in [-0.2, -0.15) is 0 Å². The summed E-state index contributed by atoms with van der Waals surface area (Å²) in [6, 6.07) is 4.56. The summed E-state index contributed by atoms with van der Waals surface area (Å²) >= 11 is 1.40. The molecule has 0 saturated heterocycles. The highest BCUT2D eigenvalue weighted by Crippen LogP contribution is 2.17. The van der Waals surface area contributed by atoms with Crippen LogP contribution in [0.15, 0.2) is 23.6 Å². The van der Waals surface area contributed by atoms with Crippen molar-refractivity contribution in [2.75, 3.05) is 13.7 Å². The molecule has 3 N–H and O–H groups in total. The van der Waals surface area contributed by atoms with Gasteiger partial charge in [0.2, 0.25) is 0 Å². The average Bonchev–Trinajstić information content (AvgIpc) is 2.94. The van der Waals surface area contributed by atoms with E-state index >= 15 is 0 Å². The SMILES string of the molecule is COc1ccc(CNC(=O)c2csc(CCN)n2)cc1F.Cl. The minimum Gasteiger partial charge on any atom is -0.494 e. The van der Waals surface area contributed by atoms with E-state index in [0.717, 1.165) is 5.01 Å². The molecule has 0 aliphatic rings. The number of aromatic nitrogens is 1. The molecule has 0 fully saturated rings. The number of thiazole rings is 1. The Kier molecular flexibility index (Phi) is 7.23. The maximum absolute atomic E-state index is 13.5. The van der Waals surface area contributed by atoms with E-state index in [1.807, 2.05) is 0 Å². The predicted octanol–water partition coefficient (Wildman–Crippen LogP) is 2.14. The fraction of sp³-hybridized carbons (Fsp3) is 0.286. The lowest BCUT2D eigenvalue weighted by Gasteiger charge is -2.06. The van der Waals surface area contributed by atoms with E-state index in [0.29, 0.717) is 24.2 Å². The maximum atomic E-state index is 13.5. The first-order valence-electron chi connectivity index (χ1n) is 6.39. The van der Waals surface area contributed by atoms with Gasteiger partial charge in [-0.1, -0.05) is 6.07 Å². The van der Waals surface area contributed by atoms with Gasteiger partial charge < -0.3 is 15.8 Å². The van der Waals surface area contributed by atoms with Crippen molar-refractivity contribution in [3.63, 3.8) is 0 Å². The molecule has 8 heteroatoms. The number of methoxy groups -OCH3 is 1.